The molecule has 196 valence electrons. The highest BCUT2D eigenvalue weighted by Gasteiger charge is 2.30. The summed E-state index contributed by atoms with van der Waals surface area (Å²) in [6.07, 6.45) is 0. The third kappa shape index (κ3) is 5.81. The van der Waals surface area contributed by atoms with Gasteiger partial charge in [0.15, 0.2) is 0 Å². The number of hydrogen-bond acceptors (Lipinski definition) is 5. The zero-order valence-corrected chi connectivity index (χ0v) is 22.3. The second kappa shape index (κ2) is 11.8. The van der Waals surface area contributed by atoms with Crippen LogP contribution in [-0.2, 0) is 14.8 Å². The van der Waals surface area contributed by atoms with E-state index >= 15 is 0 Å². The lowest BCUT2D eigenvalue weighted by atomic mass is 9.95. The summed E-state index contributed by atoms with van der Waals surface area (Å²) in [6.45, 7) is 1.52. The molecule has 0 unspecified atom stereocenters. The largest absolute Gasteiger partial charge is 0.497 e. The fourth-order valence-corrected chi connectivity index (χ4v) is 5.68. The smallest absolute Gasteiger partial charge is 0.264 e. The normalized spacial score (nSPS) is 11.9. The molecule has 1 atom stereocenters. The van der Waals surface area contributed by atoms with E-state index in [1.54, 1.807) is 36.4 Å². The number of nitrogens with zero attached hydrogens (tertiary/aromatic N) is 1. The van der Waals surface area contributed by atoms with Crippen LogP contribution in [0.1, 0.15) is 22.7 Å². The van der Waals surface area contributed by atoms with Gasteiger partial charge in [0.2, 0.25) is 5.91 Å². The third-order valence-corrected chi connectivity index (χ3v) is 8.00. The predicted molar refractivity (Wildman–Crippen MR) is 148 cm³/mol. The predicted octanol–water partition coefficient (Wildman–Crippen LogP) is 5.11. The Hall–Kier alpha value is -4.30. The average molecular weight is 531 g/mol. The molecule has 8 heteroatoms. The quantitative estimate of drug-likeness (QED) is 0.308. The zero-order chi connectivity index (χ0) is 27.1. The van der Waals surface area contributed by atoms with E-state index in [2.05, 4.69) is 5.32 Å². The minimum absolute atomic E-state index is 0.0236. The molecule has 0 spiro atoms. The molecule has 4 rings (SSSR count). The van der Waals surface area contributed by atoms with Crippen LogP contribution in [0.5, 0.6) is 11.5 Å². The van der Waals surface area contributed by atoms with Crippen molar-refractivity contribution in [1.82, 2.24) is 5.32 Å². The number of sulfonamides is 1. The number of carbonyl (C=O) groups excluding carboxylic acids is 1. The van der Waals surface area contributed by atoms with E-state index in [0.717, 1.165) is 21.0 Å². The fraction of sp³-hybridized carbons (Fsp3) is 0.167. The molecule has 38 heavy (non-hydrogen) atoms. The topological polar surface area (TPSA) is 84.9 Å². The Labute approximate surface area is 223 Å². The van der Waals surface area contributed by atoms with Crippen molar-refractivity contribution in [3.05, 3.63) is 120 Å². The molecule has 4 aromatic rings. The minimum atomic E-state index is -4.14. The summed E-state index contributed by atoms with van der Waals surface area (Å²) in [5, 5.41) is 3.06. The summed E-state index contributed by atoms with van der Waals surface area (Å²) in [6, 6.07) is 29.7. The minimum Gasteiger partial charge on any atom is -0.497 e. The van der Waals surface area contributed by atoms with Gasteiger partial charge in [-0.2, -0.15) is 0 Å². The maximum absolute atomic E-state index is 13.9. The molecule has 0 radical (unpaired) electrons. The van der Waals surface area contributed by atoms with Gasteiger partial charge in [-0.25, -0.2) is 8.42 Å². The van der Waals surface area contributed by atoms with Gasteiger partial charge in [-0.3, -0.25) is 9.10 Å². The van der Waals surface area contributed by atoms with Crippen LogP contribution in [-0.4, -0.2) is 35.1 Å². The van der Waals surface area contributed by atoms with Crippen molar-refractivity contribution in [3.8, 4) is 11.5 Å². The summed E-state index contributed by atoms with van der Waals surface area (Å²) in [5.74, 6) is 0.385. The molecule has 7 nitrogen and oxygen atoms in total. The van der Waals surface area contributed by atoms with Gasteiger partial charge in [0.25, 0.3) is 10.0 Å². The standard InChI is InChI=1S/C30H30N2O5S/c1-22-11-7-8-14-26(22)30(23-12-5-4-6-13-23)31-29(33)21-32(27-15-9-10-16-28(27)37-3)38(34,35)25-19-17-24(36-2)18-20-25/h4-20,30H,21H2,1-3H3,(H,31,33)/t30-/m0/s1. The Balaban J connectivity index is 1.73. The highest BCUT2D eigenvalue weighted by atomic mass is 32.2. The average Bonchev–Trinajstić information content (AvgIpc) is 2.95. The summed E-state index contributed by atoms with van der Waals surface area (Å²) in [5.41, 5.74) is 3.08. The molecule has 0 fully saturated rings. The molecule has 0 heterocycles. The van der Waals surface area contributed by atoms with Crippen LogP contribution in [0.15, 0.2) is 108 Å². The van der Waals surface area contributed by atoms with Gasteiger partial charge in [0.05, 0.1) is 30.8 Å². The van der Waals surface area contributed by atoms with Gasteiger partial charge in [0, 0.05) is 0 Å². The molecule has 1 amide bonds. The van der Waals surface area contributed by atoms with Crippen LogP contribution >= 0.6 is 0 Å². The number of nitrogens with one attached hydrogen (secondary N) is 1. The number of amides is 1. The Kier molecular flexibility index (Phi) is 8.33. The van der Waals surface area contributed by atoms with Crippen LogP contribution < -0.4 is 19.1 Å². The Morgan fingerprint density at radius 1 is 0.816 bits per heavy atom. The lowest BCUT2D eigenvalue weighted by Gasteiger charge is -2.27. The first-order chi connectivity index (χ1) is 18.3. The first-order valence-corrected chi connectivity index (χ1v) is 13.5. The van der Waals surface area contributed by atoms with Crippen molar-refractivity contribution >= 4 is 21.6 Å². The number of para-hydroxylation sites is 2. The van der Waals surface area contributed by atoms with Crippen LogP contribution in [0, 0.1) is 6.92 Å². The second-order valence-corrected chi connectivity index (χ2v) is 10.5. The monoisotopic (exact) mass is 530 g/mol. The zero-order valence-electron chi connectivity index (χ0n) is 21.5. The molecule has 0 saturated carbocycles. The first-order valence-electron chi connectivity index (χ1n) is 12.0. The molecule has 0 bridgehead atoms. The molecule has 0 saturated heterocycles. The van der Waals surface area contributed by atoms with Crippen LogP contribution in [0.4, 0.5) is 5.69 Å². The molecular formula is C30H30N2O5S. The van der Waals surface area contributed by atoms with E-state index in [-0.39, 0.29) is 10.6 Å². The van der Waals surface area contributed by atoms with E-state index in [0.29, 0.717) is 11.5 Å². The van der Waals surface area contributed by atoms with Crippen LogP contribution in [0.3, 0.4) is 0 Å². The lowest BCUT2D eigenvalue weighted by Crippen LogP contribution is -2.42. The van der Waals surface area contributed by atoms with Gasteiger partial charge in [-0.1, -0.05) is 66.7 Å². The van der Waals surface area contributed by atoms with E-state index in [1.165, 1.54) is 26.4 Å². The lowest BCUT2D eigenvalue weighted by molar-refractivity contribution is -0.120. The van der Waals surface area contributed by atoms with Gasteiger partial charge in [-0.15, -0.1) is 0 Å². The molecule has 1 N–H and O–H groups in total. The Bertz CT molecular complexity index is 1490. The number of aryl methyl sites for hydroxylation is 1. The number of methoxy groups -OCH3 is 2. The van der Waals surface area contributed by atoms with Gasteiger partial charge in [-0.05, 0) is 60.0 Å². The molecule has 0 aliphatic carbocycles. The highest BCUT2D eigenvalue weighted by molar-refractivity contribution is 7.92. The molecule has 0 aliphatic heterocycles. The number of rotatable bonds is 10. The third-order valence-electron chi connectivity index (χ3n) is 6.23. The van der Waals surface area contributed by atoms with E-state index in [4.69, 9.17) is 9.47 Å². The Morgan fingerprint density at radius 3 is 2.11 bits per heavy atom. The highest BCUT2D eigenvalue weighted by Crippen LogP contribution is 2.33. The second-order valence-electron chi connectivity index (χ2n) is 8.63. The number of carbonyl (C=O) groups is 1. The fourth-order valence-electron chi connectivity index (χ4n) is 4.24. The van der Waals surface area contributed by atoms with Crippen molar-refractivity contribution in [2.45, 2.75) is 17.9 Å². The first kappa shape index (κ1) is 26.8. The van der Waals surface area contributed by atoms with Crippen molar-refractivity contribution in [2.24, 2.45) is 0 Å². The van der Waals surface area contributed by atoms with Gasteiger partial charge < -0.3 is 14.8 Å². The Morgan fingerprint density at radius 2 is 1.45 bits per heavy atom. The van der Waals surface area contributed by atoms with Crippen molar-refractivity contribution < 1.29 is 22.7 Å². The maximum atomic E-state index is 13.9. The summed E-state index contributed by atoms with van der Waals surface area (Å²) < 4.78 is 39.4. The van der Waals surface area contributed by atoms with Crippen LogP contribution in [0.25, 0.3) is 0 Å². The SMILES string of the molecule is COc1ccc(S(=O)(=O)N(CC(=O)N[C@@H](c2ccccc2)c2ccccc2C)c2ccccc2OC)cc1. The summed E-state index contributed by atoms with van der Waals surface area (Å²) >= 11 is 0. The number of ether oxygens (including phenoxy) is 2. The van der Waals surface area contributed by atoms with Gasteiger partial charge >= 0.3 is 0 Å². The van der Waals surface area contributed by atoms with Crippen LogP contribution in [0.2, 0.25) is 0 Å². The van der Waals surface area contributed by atoms with E-state index in [9.17, 15) is 13.2 Å². The maximum Gasteiger partial charge on any atom is 0.264 e. The van der Waals surface area contributed by atoms with Gasteiger partial charge in [0.1, 0.15) is 18.0 Å². The van der Waals surface area contributed by atoms with Crippen molar-refractivity contribution in [2.75, 3.05) is 25.1 Å². The van der Waals surface area contributed by atoms with Crippen molar-refractivity contribution in [1.29, 1.82) is 0 Å². The molecular weight excluding hydrogens is 500 g/mol. The molecule has 0 aromatic heterocycles. The van der Waals surface area contributed by atoms with E-state index in [1.807, 2.05) is 61.5 Å². The number of benzene rings is 4. The number of hydrogen-bond donors (Lipinski definition) is 1. The summed E-state index contributed by atoms with van der Waals surface area (Å²) in [4.78, 5) is 13.6. The number of anilines is 1. The van der Waals surface area contributed by atoms with Crippen molar-refractivity contribution in [3.63, 3.8) is 0 Å². The molecule has 4 aromatic carbocycles. The van der Waals surface area contributed by atoms with E-state index < -0.39 is 28.5 Å². The summed E-state index contributed by atoms with van der Waals surface area (Å²) in [7, 11) is -1.18. The molecule has 0 aliphatic rings.